The molecule has 0 bridgehead atoms. The Morgan fingerprint density at radius 3 is 2.56 bits per heavy atom. The highest BCUT2D eigenvalue weighted by atomic mass is 19.1. The molecule has 2 aliphatic rings. The van der Waals surface area contributed by atoms with Gasteiger partial charge in [0.05, 0.1) is 19.8 Å². The Bertz CT molecular complexity index is 974. The molecule has 3 heterocycles. The molecule has 2 fully saturated rings. The largest absolute Gasteiger partial charge is 0.493 e. The van der Waals surface area contributed by atoms with Gasteiger partial charge in [0.15, 0.2) is 0 Å². The molecule has 184 valence electrons. The van der Waals surface area contributed by atoms with Crippen LogP contribution in [0, 0.1) is 18.2 Å². The Hall–Kier alpha value is -2.94. The lowest BCUT2D eigenvalue weighted by Crippen LogP contribution is -2.52. The van der Waals surface area contributed by atoms with Crippen LogP contribution in [0.15, 0.2) is 36.5 Å². The monoisotopic (exact) mass is 472 g/mol. The third-order valence-corrected chi connectivity index (χ3v) is 6.73. The molecule has 2 aromatic rings. The fourth-order valence-corrected chi connectivity index (χ4v) is 4.74. The zero-order chi connectivity index (χ0) is 24.0. The first-order valence-corrected chi connectivity index (χ1v) is 11.9. The summed E-state index contributed by atoms with van der Waals surface area (Å²) in [4.78, 5) is 30.0. The van der Waals surface area contributed by atoms with Crippen molar-refractivity contribution in [3.8, 4) is 5.75 Å². The summed E-state index contributed by atoms with van der Waals surface area (Å²) >= 11 is 0. The van der Waals surface area contributed by atoms with E-state index in [2.05, 4.69) is 5.10 Å². The van der Waals surface area contributed by atoms with Crippen LogP contribution in [0.1, 0.15) is 31.4 Å². The minimum atomic E-state index is -0.501. The van der Waals surface area contributed by atoms with Crippen LogP contribution < -0.4 is 4.74 Å². The average Bonchev–Trinajstić information content (AvgIpc) is 3.27. The summed E-state index contributed by atoms with van der Waals surface area (Å²) < 4.78 is 26.6. The normalized spacial score (nSPS) is 20.9. The molecule has 0 N–H and O–H groups in total. The predicted molar refractivity (Wildman–Crippen MR) is 124 cm³/mol. The van der Waals surface area contributed by atoms with E-state index in [4.69, 9.17) is 9.47 Å². The van der Waals surface area contributed by atoms with Crippen LogP contribution in [0.5, 0.6) is 5.75 Å². The number of rotatable bonds is 8. The highest BCUT2D eigenvalue weighted by Gasteiger charge is 2.41. The molecule has 2 aliphatic heterocycles. The Kier molecular flexibility index (Phi) is 7.82. The molecule has 8 nitrogen and oxygen atoms in total. The Labute approximate surface area is 199 Å². The number of morpholine rings is 1. The van der Waals surface area contributed by atoms with Crippen molar-refractivity contribution >= 4 is 11.8 Å². The van der Waals surface area contributed by atoms with Gasteiger partial charge in [-0.3, -0.25) is 14.3 Å². The number of aromatic nitrogens is 2. The molecule has 0 unspecified atom stereocenters. The SMILES string of the molecule is Cc1ccnn1CCC(=O)N1CCC[C@@](COc2ccc(F)cc2)(CC(=O)N2CCOCC2)C1. The molecular formula is C25H33FN4O4. The predicted octanol–water partition coefficient (Wildman–Crippen LogP) is 2.66. The first-order valence-electron chi connectivity index (χ1n) is 11.9. The summed E-state index contributed by atoms with van der Waals surface area (Å²) in [5.74, 6) is 0.343. The van der Waals surface area contributed by atoms with E-state index in [1.165, 1.54) is 12.1 Å². The standard InChI is InChI=1S/C25H33FN4O4/c1-20-7-10-27-30(20)12-8-23(31)29-11-2-9-25(18-29,17-24(32)28-13-15-33-16-14-28)19-34-22-5-3-21(26)4-6-22/h3-7,10H,2,8-9,11-19H2,1H3/t25-/m1/s1. The van der Waals surface area contributed by atoms with Gasteiger partial charge in [0.25, 0.3) is 0 Å². The second-order valence-electron chi connectivity index (χ2n) is 9.28. The molecule has 0 saturated carbocycles. The number of hydrogen-bond acceptors (Lipinski definition) is 5. The molecular weight excluding hydrogens is 439 g/mol. The molecule has 0 aliphatic carbocycles. The molecule has 4 rings (SSSR count). The van der Waals surface area contributed by atoms with Gasteiger partial charge in [-0.05, 0) is 50.1 Å². The second-order valence-corrected chi connectivity index (χ2v) is 9.28. The van der Waals surface area contributed by atoms with Crippen LogP contribution in [0.4, 0.5) is 4.39 Å². The van der Waals surface area contributed by atoms with Crippen LogP contribution in [0.25, 0.3) is 0 Å². The maximum atomic E-state index is 13.3. The van der Waals surface area contributed by atoms with Crippen LogP contribution in [0.3, 0.4) is 0 Å². The van der Waals surface area contributed by atoms with E-state index < -0.39 is 5.41 Å². The third kappa shape index (κ3) is 6.14. The molecule has 0 spiro atoms. The van der Waals surface area contributed by atoms with E-state index >= 15 is 0 Å². The number of piperidine rings is 1. The molecule has 1 aromatic carbocycles. The summed E-state index contributed by atoms with van der Waals surface area (Å²) in [5, 5.41) is 4.26. The number of aryl methyl sites for hydroxylation is 2. The Morgan fingerprint density at radius 1 is 1.09 bits per heavy atom. The van der Waals surface area contributed by atoms with Gasteiger partial charge in [0.2, 0.25) is 11.8 Å². The number of halogens is 1. The number of carbonyl (C=O) groups excluding carboxylic acids is 2. The summed E-state index contributed by atoms with van der Waals surface area (Å²) in [6.45, 7) is 6.16. The van der Waals surface area contributed by atoms with Crippen LogP contribution in [-0.4, -0.2) is 77.4 Å². The van der Waals surface area contributed by atoms with Crippen molar-refractivity contribution in [3.05, 3.63) is 48.0 Å². The zero-order valence-corrected chi connectivity index (χ0v) is 19.7. The van der Waals surface area contributed by atoms with Gasteiger partial charge in [0, 0.05) is 62.9 Å². The van der Waals surface area contributed by atoms with Crippen molar-refractivity contribution in [2.75, 3.05) is 46.0 Å². The van der Waals surface area contributed by atoms with E-state index in [0.717, 1.165) is 18.5 Å². The Balaban J connectivity index is 1.44. The summed E-state index contributed by atoms with van der Waals surface area (Å²) in [6, 6.07) is 7.81. The lowest BCUT2D eigenvalue weighted by Gasteiger charge is -2.43. The second kappa shape index (κ2) is 11.0. The number of amides is 2. The van der Waals surface area contributed by atoms with Gasteiger partial charge in [-0.1, -0.05) is 0 Å². The third-order valence-electron chi connectivity index (χ3n) is 6.73. The van der Waals surface area contributed by atoms with E-state index in [1.54, 1.807) is 18.3 Å². The smallest absolute Gasteiger partial charge is 0.224 e. The van der Waals surface area contributed by atoms with Crippen LogP contribution in [-0.2, 0) is 20.9 Å². The number of likely N-dealkylation sites (tertiary alicyclic amines) is 1. The molecule has 9 heteroatoms. The lowest BCUT2D eigenvalue weighted by molar-refractivity contribution is -0.144. The molecule has 34 heavy (non-hydrogen) atoms. The first kappa shape index (κ1) is 24.2. The number of benzene rings is 1. The molecule has 0 radical (unpaired) electrons. The van der Waals surface area contributed by atoms with Crippen molar-refractivity contribution in [3.63, 3.8) is 0 Å². The van der Waals surface area contributed by atoms with Gasteiger partial charge in [-0.15, -0.1) is 0 Å². The number of hydrogen-bond donors (Lipinski definition) is 0. The van der Waals surface area contributed by atoms with E-state index in [0.29, 0.717) is 64.5 Å². The van der Waals surface area contributed by atoms with E-state index in [-0.39, 0.29) is 24.2 Å². The summed E-state index contributed by atoms with van der Waals surface area (Å²) in [6.07, 6.45) is 3.98. The molecule has 2 amide bonds. The summed E-state index contributed by atoms with van der Waals surface area (Å²) in [5.41, 5.74) is 0.517. The molecule has 2 saturated heterocycles. The molecule has 1 aromatic heterocycles. The topological polar surface area (TPSA) is 76.9 Å². The van der Waals surface area contributed by atoms with Crippen molar-refractivity contribution in [2.24, 2.45) is 5.41 Å². The number of ether oxygens (including phenoxy) is 2. The van der Waals surface area contributed by atoms with Crippen molar-refractivity contribution in [1.82, 2.24) is 19.6 Å². The average molecular weight is 473 g/mol. The van der Waals surface area contributed by atoms with E-state index in [1.807, 2.05) is 27.5 Å². The fraction of sp³-hybridized carbons (Fsp3) is 0.560. The first-order chi connectivity index (χ1) is 16.4. The highest BCUT2D eigenvalue weighted by molar-refractivity contribution is 5.78. The van der Waals surface area contributed by atoms with Gasteiger partial charge < -0.3 is 19.3 Å². The quantitative estimate of drug-likeness (QED) is 0.591. The highest BCUT2D eigenvalue weighted by Crippen LogP contribution is 2.35. The zero-order valence-electron chi connectivity index (χ0n) is 19.7. The van der Waals surface area contributed by atoms with Gasteiger partial charge in [-0.2, -0.15) is 5.10 Å². The van der Waals surface area contributed by atoms with Crippen molar-refractivity contribution < 1.29 is 23.5 Å². The van der Waals surface area contributed by atoms with Gasteiger partial charge in [-0.25, -0.2) is 4.39 Å². The maximum absolute atomic E-state index is 13.3. The van der Waals surface area contributed by atoms with Gasteiger partial charge >= 0.3 is 0 Å². The Morgan fingerprint density at radius 2 is 1.85 bits per heavy atom. The lowest BCUT2D eigenvalue weighted by atomic mass is 9.77. The fourth-order valence-electron chi connectivity index (χ4n) is 4.74. The minimum Gasteiger partial charge on any atom is -0.493 e. The van der Waals surface area contributed by atoms with Crippen LogP contribution in [0.2, 0.25) is 0 Å². The van der Waals surface area contributed by atoms with Gasteiger partial charge in [0.1, 0.15) is 11.6 Å². The van der Waals surface area contributed by atoms with Crippen molar-refractivity contribution in [1.29, 1.82) is 0 Å². The number of carbonyl (C=O) groups is 2. The summed E-state index contributed by atoms with van der Waals surface area (Å²) in [7, 11) is 0. The maximum Gasteiger partial charge on any atom is 0.224 e. The van der Waals surface area contributed by atoms with Crippen molar-refractivity contribution in [2.45, 2.75) is 39.2 Å². The number of nitrogens with zero attached hydrogens (tertiary/aromatic N) is 4. The van der Waals surface area contributed by atoms with E-state index in [9.17, 15) is 14.0 Å². The molecule has 1 atom stereocenters. The van der Waals surface area contributed by atoms with Crippen LogP contribution >= 0.6 is 0 Å². The minimum absolute atomic E-state index is 0.0552.